The van der Waals surface area contributed by atoms with Crippen LogP contribution in [0.1, 0.15) is 19.3 Å². The van der Waals surface area contributed by atoms with Crippen molar-refractivity contribution in [2.45, 2.75) is 31.3 Å². The third-order valence-electron chi connectivity index (χ3n) is 3.23. The summed E-state index contributed by atoms with van der Waals surface area (Å²) in [4.78, 5) is 24.6. The fourth-order valence-corrected chi connectivity index (χ4v) is 2.19. The van der Waals surface area contributed by atoms with E-state index in [1.807, 2.05) is 0 Å². The number of ether oxygens (including phenoxy) is 1. The van der Waals surface area contributed by atoms with Gasteiger partial charge < -0.3 is 20.3 Å². The van der Waals surface area contributed by atoms with Crippen LogP contribution in [-0.4, -0.2) is 55.7 Å². The van der Waals surface area contributed by atoms with E-state index in [9.17, 15) is 9.59 Å². The fraction of sp³-hybridized carbons (Fsp3) is 0.818. The van der Waals surface area contributed by atoms with Gasteiger partial charge in [0.15, 0.2) is 0 Å². The molecule has 0 spiro atoms. The van der Waals surface area contributed by atoms with Crippen LogP contribution in [0.3, 0.4) is 0 Å². The molecule has 2 heterocycles. The van der Waals surface area contributed by atoms with Gasteiger partial charge in [-0.15, -0.1) is 0 Å². The van der Waals surface area contributed by atoms with Crippen LogP contribution in [0, 0.1) is 0 Å². The molecule has 0 aromatic carbocycles. The standard InChI is InChI=1S/C11H19N3O3/c1-14-6-8(2-3-10(14)15)12-11(16)13-9-4-5-17-7-9/h8-9H,2-7H2,1H3,(H2,12,13,16). The Labute approximate surface area is 101 Å². The molecule has 6 nitrogen and oxygen atoms in total. The average molecular weight is 241 g/mol. The van der Waals surface area contributed by atoms with E-state index in [4.69, 9.17) is 4.74 Å². The van der Waals surface area contributed by atoms with E-state index in [1.165, 1.54) is 0 Å². The highest BCUT2D eigenvalue weighted by Gasteiger charge is 2.25. The number of carbonyl (C=O) groups excluding carboxylic acids is 2. The first-order valence-corrected chi connectivity index (χ1v) is 6.04. The quantitative estimate of drug-likeness (QED) is 0.697. The molecule has 2 fully saturated rings. The molecule has 0 aromatic heterocycles. The SMILES string of the molecule is CN1CC(NC(=O)NC2CCOC2)CCC1=O. The third-order valence-corrected chi connectivity index (χ3v) is 3.23. The number of nitrogens with zero attached hydrogens (tertiary/aromatic N) is 1. The van der Waals surface area contributed by atoms with Crippen molar-refractivity contribution in [3.63, 3.8) is 0 Å². The first kappa shape index (κ1) is 12.2. The zero-order valence-corrected chi connectivity index (χ0v) is 10.1. The van der Waals surface area contributed by atoms with Crippen LogP contribution < -0.4 is 10.6 Å². The van der Waals surface area contributed by atoms with Gasteiger partial charge in [0.05, 0.1) is 12.6 Å². The molecule has 0 radical (unpaired) electrons. The summed E-state index contributed by atoms with van der Waals surface area (Å²) in [6, 6.07) is 0.0197. The summed E-state index contributed by atoms with van der Waals surface area (Å²) < 4.78 is 5.18. The molecule has 2 aliphatic rings. The second-order valence-corrected chi connectivity index (χ2v) is 4.69. The number of piperidine rings is 1. The van der Waals surface area contributed by atoms with Crippen LogP contribution in [0.15, 0.2) is 0 Å². The van der Waals surface area contributed by atoms with Crippen molar-refractivity contribution >= 4 is 11.9 Å². The Balaban J connectivity index is 1.72. The average Bonchev–Trinajstić information content (AvgIpc) is 2.76. The zero-order chi connectivity index (χ0) is 12.3. The van der Waals surface area contributed by atoms with Gasteiger partial charge in [-0.2, -0.15) is 0 Å². The van der Waals surface area contributed by atoms with Crippen molar-refractivity contribution < 1.29 is 14.3 Å². The van der Waals surface area contributed by atoms with Crippen LogP contribution >= 0.6 is 0 Å². The van der Waals surface area contributed by atoms with Crippen LogP contribution in [0.5, 0.6) is 0 Å². The van der Waals surface area contributed by atoms with E-state index < -0.39 is 0 Å². The highest BCUT2D eigenvalue weighted by atomic mass is 16.5. The maximum atomic E-state index is 11.7. The van der Waals surface area contributed by atoms with Gasteiger partial charge in [0.2, 0.25) is 5.91 Å². The summed E-state index contributed by atoms with van der Waals surface area (Å²) in [6.07, 6.45) is 2.10. The van der Waals surface area contributed by atoms with Gasteiger partial charge in [-0.3, -0.25) is 4.79 Å². The number of amides is 3. The number of rotatable bonds is 2. The Hall–Kier alpha value is -1.30. The first-order valence-electron chi connectivity index (χ1n) is 6.04. The highest BCUT2D eigenvalue weighted by molar-refractivity contribution is 5.78. The van der Waals surface area contributed by atoms with E-state index in [0.29, 0.717) is 26.2 Å². The van der Waals surface area contributed by atoms with Gasteiger partial charge in [0, 0.05) is 32.7 Å². The van der Waals surface area contributed by atoms with Crippen molar-refractivity contribution in [2.24, 2.45) is 0 Å². The van der Waals surface area contributed by atoms with Gasteiger partial charge >= 0.3 is 6.03 Å². The molecule has 0 aromatic rings. The molecular formula is C11H19N3O3. The van der Waals surface area contributed by atoms with Crippen molar-refractivity contribution in [1.82, 2.24) is 15.5 Å². The second-order valence-electron chi connectivity index (χ2n) is 4.69. The number of nitrogens with one attached hydrogen (secondary N) is 2. The van der Waals surface area contributed by atoms with Gasteiger partial charge in [-0.1, -0.05) is 0 Å². The molecule has 96 valence electrons. The monoisotopic (exact) mass is 241 g/mol. The summed E-state index contributed by atoms with van der Waals surface area (Å²) in [5.41, 5.74) is 0. The first-order chi connectivity index (χ1) is 8.15. The number of likely N-dealkylation sites (tertiary alicyclic amines) is 1. The maximum absolute atomic E-state index is 11.7. The zero-order valence-electron chi connectivity index (χ0n) is 10.1. The fourth-order valence-electron chi connectivity index (χ4n) is 2.19. The van der Waals surface area contributed by atoms with Crippen LogP contribution in [0.2, 0.25) is 0 Å². The van der Waals surface area contributed by atoms with Crippen LogP contribution in [-0.2, 0) is 9.53 Å². The Kier molecular flexibility index (Phi) is 3.83. The lowest BCUT2D eigenvalue weighted by Crippen LogP contribution is -2.52. The molecule has 0 bridgehead atoms. The molecule has 0 saturated carbocycles. The minimum absolute atomic E-state index is 0.0556. The lowest BCUT2D eigenvalue weighted by Gasteiger charge is -2.30. The molecule has 3 amide bonds. The number of carbonyl (C=O) groups is 2. The van der Waals surface area contributed by atoms with E-state index in [-0.39, 0.29) is 24.0 Å². The van der Waals surface area contributed by atoms with Crippen molar-refractivity contribution in [3.05, 3.63) is 0 Å². The summed E-state index contributed by atoms with van der Waals surface area (Å²) >= 11 is 0. The number of urea groups is 1. The predicted octanol–water partition coefficient (Wildman–Crippen LogP) is -0.305. The second kappa shape index (κ2) is 5.35. The summed E-state index contributed by atoms with van der Waals surface area (Å²) in [6.45, 7) is 1.90. The van der Waals surface area contributed by atoms with E-state index in [0.717, 1.165) is 12.8 Å². The summed E-state index contributed by atoms with van der Waals surface area (Å²) in [5, 5.41) is 5.77. The number of likely N-dealkylation sites (N-methyl/N-ethyl adjacent to an activating group) is 1. The van der Waals surface area contributed by atoms with Crippen LogP contribution in [0.25, 0.3) is 0 Å². The lowest BCUT2D eigenvalue weighted by molar-refractivity contribution is -0.132. The van der Waals surface area contributed by atoms with Crippen molar-refractivity contribution in [2.75, 3.05) is 26.8 Å². The molecule has 17 heavy (non-hydrogen) atoms. The van der Waals surface area contributed by atoms with Crippen LogP contribution in [0.4, 0.5) is 4.79 Å². The molecule has 2 N–H and O–H groups in total. The lowest BCUT2D eigenvalue weighted by atomic mass is 10.1. The normalized spacial score (nSPS) is 29.2. The largest absolute Gasteiger partial charge is 0.379 e. The Bertz CT molecular complexity index is 302. The summed E-state index contributed by atoms with van der Waals surface area (Å²) in [7, 11) is 1.76. The Morgan fingerprint density at radius 2 is 2.12 bits per heavy atom. The van der Waals surface area contributed by atoms with E-state index in [2.05, 4.69) is 10.6 Å². The molecule has 2 saturated heterocycles. The Morgan fingerprint density at radius 3 is 2.76 bits per heavy atom. The third kappa shape index (κ3) is 3.33. The topological polar surface area (TPSA) is 70.7 Å². The van der Waals surface area contributed by atoms with E-state index in [1.54, 1.807) is 11.9 Å². The van der Waals surface area contributed by atoms with Gasteiger partial charge in [0.25, 0.3) is 0 Å². The van der Waals surface area contributed by atoms with Crippen molar-refractivity contribution in [3.8, 4) is 0 Å². The molecule has 2 aliphatic heterocycles. The summed E-state index contributed by atoms with van der Waals surface area (Å²) in [5.74, 6) is 0.146. The van der Waals surface area contributed by atoms with Crippen molar-refractivity contribution in [1.29, 1.82) is 0 Å². The molecule has 6 heteroatoms. The molecule has 2 atom stereocenters. The van der Waals surface area contributed by atoms with Gasteiger partial charge in [0.1, 0.15) is 0 Å². The Morgan fingerprint density at radius 1 is 1.35 bits per heavy atom. The molecule has 2 unspecified atom stereocenters. The minimum atomic E-state index is -0.159. The molecule has 2 rings (SSSR count). The molecule has 0 aliphatic carbocycles. The smallest absolute Gasteiger partial charge is 0.315 e. The number of hydrogen-bond acceptors (Lipinski definition) is 3. The van der Waals surface area contributed by atoms with Gasteiger partial charge in [-0.25, -0.2) is 4.79 Å². The highest BCUT2D eigenvalue weighted by Crippen LogP contribution is 2.09. The number of hydrogen-bond donors (Lipinski definition) is 2. The molecular weight excluding hydrogens is 222 g/mol. The maximum Gasteiger partial charge on any atom is 0.315 e. The van der Waals surface area contributed by atoms with Gasteiger partial charge in [-0.05, 0) is 12.8 Å². The predicted molar refractivity (Wildman–Crippen MR) is 61.6 cm³/mol. The minimum Gasteiger partial charge on any atom is -0.379 e. The van der Waals surface area contributed by atoms with E-state index >= 15 is 0 Å².